The topological polar surface area (TPSA) is 90.5 Å². The predicted octanol–water partition coefficient (Wildman–Crippen LogP) is 2.92. The number of thiazole rings is 1. The van der Waals surface area contributed by atoms with Crippen LogP contribution in [-0.4, -0.2) is 27.4 Å². The first kappa shape index (κ1) is 23.5. The fourth-order valence-corrected chi connectivity index (χ4v) is 5.33. The second-order valence-electron chi connectivity index (χ2n) is 8.57. The lowest BCUT2D eigenvalue weighted by atomic mass is 9.95. The molecule has 8 nitrogen and oxygen atoms in total. The third-order valence-corrected chi connectivity index (χ3v) is 7.10. The molecule has 2 aromatic carbocycles. The molecule has 0 radical (unpaired) electrons. The van der Waals surface area contributed by atoms with Crippen molar-refractivity contribution in [2.75, 3.05) is 12.4 Å². The van der Waals surface area contributed by atoms with E-state index in [1.165, 1.54) is 11.3 Å². The maximum absolute atomic E-state index is 13.7. The van der Waals surface area contributed by atoms with Gasteiger partial charge in [-0.2, -0.15) is 5.10 Å². The number of anilines is 1. The molecule has 1 aliphatic rings. The SMILES string of the molecule is COc1ccc([C@H]2C(C(=O)Nc3ccccc3C)=C(C)N=c3s/c(=C/c4cnn(C)c4)c(=O)n32)cc1. The maximum atomic E-state index is 13.7. The van der Waals surface area contributed by atoms with Gasteiger partial charge in [-0.25, -0.2) is 4.99 Å². The van der Waals surface area contributed by atoms with E-state index in [2.05, 4.69) is 15.4 Å². The molecule has 0 spiro atoms. The highest BCUT2D eigenvalue weighted by Gasteiger charge is 2.32. The molecule has 0 bridgehead atoms. The zero-order valence-corrected chi connectivity index (χ0v) is 21.2. The summed E-state index contributed by atoms with van der Waals surface area (Å²) >= 11 is 1.30. The molecule has 36 heavy (non-hydrogen) atoms. The van der Waals surface area contributed by atoms with Crippen LogP contribution in [0.2, 0.25) is 0 Å². The van der Waals surface area contributed by atoms with Gasteiger partial charge >= 0.3 is 0 Å². The van der Waals surface area contributed by atoms with Gasteiger partial charge in [-0.05, 0) is 49.2 Å². The molecule has 3 heterocycles. The van der Waals surface area contributed by atoms with Gasteiger partial charge in [-0.15, -0.1) is 0 Å². The summed E-state index contributed by atoms with van der Waals surface area (Å²) in [7, 11) is 3.42. The highest BCUT2D eigenvalue weighted by atomic mass is 32.1. The van der Waals surface area contributed by atoms with Gasteiger partial charge in [-0.1, -0.05) is 41.7 Å². The van der Waals surface area contributed by atoms with Crippen LogP contribution in [0.5, 0.6) is 5.75 Å². The van der Waals surface area contributed by atoms with Gasteiger partial charge in [0.2, 0.25) is 0 Å². The van der Waals surface area contributed by atoms with Crippen LogP contribution in [0.25, 0.3) is 6.08 Å². The van der Waals surface area contributed by atoms with Gasteiger partial charge in [0.1, 0.15) is 5.75 Å². The Balaban J connectivity index is 1.67. The van der Waals surface area contributed by atoms with Crippen molar-refractivity contribution in [1.29, 1.82) is 0 Å². The zero-order valence-electron chi connectivity index (χ0n) is 20.4. The lowest BCUT2D eigenvalue weighted by Gasteiger charge is -2.25. The van der Waals surface area contributed by atoms with E-state index >= 15 is 0 Å². The number of carbonyl (C=O) groups is 1. The van der Waals surface area contributed by atoms with Crippen molar-refractivity contribution in [3.05, 3.63) is 109 Å². The Hall–Kier alpha value is -4.24. The van der Waals surface area contributed by atoms with E-state index in [1.54, 1.807) is 28.6 Å². The Morgan fingerprint density at radius 1 is 1.14 bits per heavy atom. The number of aryl methyl sites for hydroxylation is 2. The number of nitrogens with one attached hydrogen (secondary N) is 1. The van der Waals surface area contributed by atoms with Crippen LogP contribution in [0.1, 0.15) is 29.7 Å². The van der Waals surface area contributed by atoms with Crippen molar-refractivity contribution in [2.45, 2.75) is 19.9 Å². The Bertz CT molecular complexity index is 1680. The number of carbonyl (C=O) groups excluding carboxylic acids is 1. The van der Waals surface area contributed by atoms with E-state index in [0.29, 0.717) is 32.0 Å². The Morgan fingerprint density at radius 3 is 2.56 bits per heavy atom. The molecule has 182 valence electrons. The molecule has 0 saturated heterocycles. The van der Waals surface area contributed by atoms with Crippen LogP contribution < -0.4 is 24.9 Å². The minimum atomic E-state index is -0.646. The van der Waals surface area contributed by atoms with Gasteiger partial charge in [0.05, 0.1) is 35.2 Å². The monoisotopic (exact) mass is 499 g/mol. The van der Waals surface area contributed by atoms with Gasteiger partial charge in [0, 0.05) is 24.5 Å². The standard InChI is InChI=1S/C27H25N5O3S/c1-16-7-5-6-8-21(16)30-25(33)23-17(2)29-27-32(24(23)19-9-11-20(35-4)12-10-19)26(34)22(36-27)13-18-14-28-31(3)15-18/h5-15,24H,1-4H3,(H,30,33)/b22-13+/t24-/m0/s1. The predicted molar refractivity (Wildman–Crippen MR) is 140 cm³/mol. The number of fused-ring (bicyclic) bond motifs is 1. The first-order valence-electron chi connectivity index (χ1n) is 11.4. The molecule has 2 aromatic heterocycles. The van der Waals surface area contributed by atoms with E-state index in [4.69, 9.17) is 4.74 Å². The minimum absolute atomic E-state index is 0.211. The number of methoxy groups -OCH3 is 1. The summed E-state index contributed by atoms with van der Waals surface area (Å²) in [5.74, 6) is 0.391. The largest absolute Gasteiger partial charge is 0.497 e. The van der Waals surface area contributed by atoms with Gasteiger partial charge in [0.25, 0.3) is 11.5 Å². The van der Waals surface area contributed by atoms with Crippen molar-refractivity contribution < 1.29 is 9.53 Å². The third-order valence-electron chi connectivity index (χ3n) is 6.11. The summed E-state index contributed by atoms with van der Waals surface area (Å²) in [6.45, 7) is 3.74. The summed E-state index contributed by atoms with van der Waals surface area (Å²) in [4.78, 5) is 32.6. The van der Waals surface area contributed by atoms with Crippen molar-refractivity contribution in [1.82, 2.24) is 14.3 Å². The number of nitrogens with zero attached hydrogens (tertiary/aromatic N) is 4. The molecule has 1 N–H and O–H groups in total. The first-order chi connectivity index (χ1) is 17.4. The lowest BCUT2D eigenvalue weighted by Crippen LogP contribution is -2.40. The lowest BCUT2D eigenvalue weighted by molar-refractivity contribution is -0.113. The van der Waals surface area contributed by atoms with Crippen molar-refractivity contribution in [3.8, 4) is 5.75 Å². The fraction of sp³-hybridized carbons (Fsp3) is 0.185. The van der Waals surface area contributed by atoms with Crippen LogP contribution >= 0.6 is 11.3 Å². The highest BCUT2D eigenvalue weighted by molar-refractivity contribution is 7.07. The van der Waals surface area contributed by atoms with Crippen molar-refractivity contribution >= 4 is 29.0 Å². The van der Waals surface area contributed by atoms with Crippen LogP contribution in [0, 0.1) is 6.92 Å². The molecule has 0 aliphatic carbocycles. The summed E-state index contributed by atoms with van der Waals surface area (Å²) in [5, 5.41) is 7.20. The molecule has 1 amide bonds. The Morgan fingerprint density at radius 2 is 1.89 bits per heavy atom. The summed E-state index contributed by atoms with van der Waals surface area (Å²) in [5.41, 5.74) is 4.04. The van der Waals surface area contributed by atoms with E-state index in [0.717, 1.165) is 16.7 Å². The number of amides is 1. The normalized spacial score (nSPS) is 15.4. The number of allylic oxidation sites excluding steroid dienone is 1. The average molecular weight is 500 g/mol. The number of para-hydroxylation sites is 1. The number of aromatic nitrogens is 3. The number of rotatable bonds is 5. The zero-order chi connectivity index (χ0) is 25.4. The molecule has 4 aromatic rings. The molecular weight excluding hydrogens is 474 g/mol. The maximum Gasteiger partial charge on any atom is 0.271 e. The number of hydrogen-bond acceptors (Lipinski definition) is 6. The number of hydrogen-bond donors (Lipinski definition) is 1. The fourth-order valence-electron chi connectivity index (χ4n) is 4.28. The number of benzene rings is 2. The molecule has 0 unspecified atom stereocenters. The van der Waals surface area contributed by atoms with Gasteiger partial charge < -0.3 is 10.1 Å². The van der Waals surface area contributed by atoms with Crippen LogP contribution in [0.4, 0.5) is 5.69 Å². The van der Waals surface area contributed by atoms with Crippen molar-refractivity contribution in [2.24, 2.45) is 12.0 Å². The number of ether oxygens (including phenoxy) is 1. The summed E-state index contributed by atoms with van der Waals surface area (Å²) < 4.78 is 9.13. The first-order valence-corrected chi connectivity index (χ1v) is 12.2. The molecule has 0 fully saturated rings. The van der Waals surface area contributed by atoms with Crippen LogP contribution in [0.15, 0.2) is 82.0 Å². The molecule has 1 atom stereocenters. The summed E-state index contributed by atoms with van der Waals surface area (Å²) in [6.07, 6.45) is 5.34. The van der Waals surface area contributed by atoms with Crippen LogP contribution in [-0.2, 0) is 11.8 Å². The van der Waals surface area contributed by atoms with E-state index in [-0.39, 0.29) is 11.5 Å². The van der Waals surface area contributed by atoms with Crippen LogP contribution in [0.3, 0.4) is 0 Å². The quantitative estimate of drug-likeness (QED) is 0.457. The third kappa shape index (κ3) is 4.29. The average Bonchev–Trinajstić information content (AvgIpc) is 3.41. The Kier molecular flexibility index (Phi) is 6.15. The summed E-state index contributed by atoms with van der Waals surface area (Å²) in [6, 6.07) is 14.3. The van der Waals surface area contributed by atoms with E-state index < -0.39 is 6.04 Å². The molecule has 0 saturated carbocycles. The highest BCUT2D eigenvalue weighted by Crippen LogP contribution is 2.32. The molecule has 9 heteroatoms. The van der Waals surface area contributed by atoms with E-state index in [1.807, 2.05) is 75.6 Å². The van der Waals surface area contributed by atoms with Gasteiger partial charge in [-0.3, -0.25) is 18.8 Å². The van der Waals surface area contributed by atoms with Gasteiger partial charge in [0.15, 0.2) is 4.80 Å². The van der Waals surface area contributed by atoms with Crippen molar-refractivity contribution in [3.63, 3.8) is 0 Å². The second-order valence-corrected chi connectivity index (χ2v) is 9.58. The molecule has 5 rings (SSSR count). The minimum Gasteiger partial charge on any atom is -0.497 e. The molecule has 1 aliphatic heterocycles. The smallest absolute Gasteiger partial charge is 0.271 e. The van der Waals surface area contributed by atoms with E-state index in [9.17, 15) is 9.59 Å². The Labute approximate surface area is 211 Å². The molecular formula is C27H25N5O3S. The second kappa shape index (κ2) is 9.43.